The SMILES string of the molecule is CC(C)C[C@@H](C(=O)O)N1CC2=C(Oc3c(Cl)cccc3C2)C1=O. The van der Waals surface area contributed by atoms with Crippen LogP contribution in [-0.2, 0) is 16.0 Å². The third-order valence-corrected chi connectivity index (χ3v) is 4.45. The molecule has 2 aliphatic rings. The van der Waals surface area contributed by atoms with Crippen molar-refractivity contribution in [1.29, 1.82) is 0 Å². The molecule has 2 heterocycles. The second-order valence-corrected chi connectivity index (χ2v) is 6.76. The Hall–Kier alpha value is -2.01. The van der Waals surface area contributed by atoms with E-state index in [4.69, 9.17) is 16.3 Å². The number of carbonyl (C=O) groups is 2. The van der Waals surface area contributed by atoms with Crippen molar-refractivity contribution in [3.63, 3.8) is 0 Å². The van der Waals surface area contributed by atoms with Crippen LogP contribution in [0.25, 0.3) is 0 Å². The Morgan fingerprint density at radius 2 is 2.17 bits per heavy atom. The number of ether oxygens (including phenoxy) is 1. The number of hydrogen-bond acceptors (Lipinski definition) is 3. The van der Waals surface area contributed by atoms with Gasteiger partial charge in [-0.15, -0.1) is 0 Å². The molecule has 0 spiro atoms. The molecule has 1 aromatic rings. The number of fused-ring (bicyclic) bond motifs is 1. The van der Waals surface area contributed by atoms with E-state index >= 15 is 0 Å². The van der Waals surface area contributed by atoms with Crippen molar-refractivity contribution >= 4 is 23.5 Å². The minimum atomic E-state index is -0.984. The van der Waals surface area contributed by atoms with Gasteiger partial charge < -0.3 is 14.7 Å². The molecule has 0 aromatic heterocycles. The van der Waals surface area contributed by atoms with Gasteiger partial charge in [-0.3, -0.25) is 4.79 Å². The molecule has 6 heteroatoms. The van der Waals surface area contributed by atoms with Crippen molar-refractivity contribution in [2.75, 3.05) is 6.54 Å². The van der Waals surface area contributed by atoms with Crippen molar-refractivity contribution in [3.8, 4) is 5.75 Å². The van der Waals surface area contributed by atoms with Gasteiger partial charge in [-0.1, -0.05) is 37.6 Å². The Labute approximate surface area is 139 Å². The summed E-state index contributed by atoms with van der Waals surface area (Å²) < 4.78 is 5.73. The van der Waals surface area contributed by atoms with Gasteiger partial charge >= 0.3 is 5.97 Å². The van der Waals surface area contributed by atoms with Gasteiger partial charge in [0.05, 0.1) is 5.02 Å². The lowest BCUT2D eigenvalue weighted by atomic mass is 10.0. The van der Waals surface area contributed by atoms with Gasteiger partial charge in [-0.05, 0) is 18.4 Å². The third-order valence-electron chi connectivity index (χ3n) is 4.15. The molecule has 0 saturated carbocycles. The molecule has 5 nitrogen and oxygen atoms in total. The van der Waals surface area contributed by atoms with Gasteiger partial charge in [0.2, 0.25) is 0 Å². The van der Waals surface area contributed by atoms with E-state index < -0.39 is 12.0 Å². The molecule has 122 valence electrons. The van der Waals surface area contributed by atoms with Crippen LogP contribution in [0.4, 0.5) is 0 Å². The number of rotatable bonds is 4. The topological polar surface area (TPSA) is 66.8 Å². The van der Waals surface area contributed by atoms with Gasteiger partial charge in [-0.2, -0.15) is 0 Å². The first kappa shape index (κ1) is 15.9. The number of carboxylic acids is 1. The number of halogens is 1. The van der Waals surface area contributed by atoms with Gasteiger partial charge in [0.1, 0.15) is 11.8 Å². The van der Waals surface area contributed by atoms with Crippen LogP contribution in [-0.4, -0.2) is 34.5 Å². The van der Waals surface area contributed by atoms with Gasteiger partial charge in [0.15, 0.2) is 5.76 Å². The summed E-state index contributed by atoms with van der Waals surface area (Å²) in [6, 6.07) is 4.61. The molecule has 2 aliphatic heterocycles. The van der Waals surface area contributed by atoms with Gasteiger partial charge in [0.25, 0.3) is 5.91 Å². The van der Waals surface area contributed by atoms with E-state index in [0.717, 1.165) is 11.1 Å². The standard InChI is InChI=1S/C17H18ClNO4/c1-9(2)6-13(17(21)22)19-8-11-7-10-4-3-5-12(18)14(10)23-15(11)16(19)20/h3-5,9,13H,6-8H2,1-2H3,(H,21,22)/t13-/m0/s1. The molecule has 23 heavy (non-hydrogen) atoms. The summed E-state index contributed by atoms with van der Waals surface area (Å²) in [5.41, 5.74) is 1.74. The van der Waals surface area contributed by atoms with Crippen LogP contribution < -0.4 is 4.74 Å². The maximum absolute atomic E-state index is 12.6. The molecule has 0 fully saturated rings. The number of benzene rings is 1. The summed E-state index contributed by atoms with van der Waals surface area (Å²) in [7, 11) is 0. The zero-order valence-corrected chi connectivity index (χ0v) is 13.8. The lowest BCUT2D eigenvalue weighted by Gasteiger charge is -2.25. The number of amides is 1. The molecule has 0 radical (unpaired) electrons. The highest BCUT2D eigenvalue weighted by Gasteiger charge is 2.41. The Kier molecular flexibility index (Phi) is 4.06. The first-order chi connectivity index (χ1) is 10.9. The fraction of sp³-hybridized carbons (Fsp3) is 0.412. The average molecular weight is 336 g/mol. The van der Waals surface area contributed by atoms with Crippen molar-refractivity contribution < 1.29 is 19.4 Å². The normalized spacial score (nSPS) is 17.9. The van der Waals surface area contributed by atoms with Crippen molar-refractivity contribution in [1.82, 2.24) is 4.90 Å². The molecule has 1 N–H and O–H groups in total. The molecule has 1 atom stereocenters. The summed E-state index contributed by atoms with van der Waals surface area (Å²) in [5, 5.41) is 9.93. The zero-order chi connectivity index (χ0) is 16.7. The van der Waals surface area contributed by atoms with E-state index in [0.29, 0.717) is 30.2 Å². The predicted molar refractivity (Wildman–Crippen MR) is 85.4 cm³/mol. The molecule has 3 rings (SSSR count). The fourth-order valence-corrected chi connectivity index (χ4v) is 3.31. The van der Waals surface area contributed by atoms with E-state index in [1.165, 1.54) is 4.90 Å². The minimum absolute atomic E-state index is 0.175. The molecular weight excluding hydrogens is 318 g/mol. The van der Waals surface area contributed by atoms with Crippen LogP contribution >= 0.6 is 11.6 Å². The minimum Gasteiger partial charge on any atom is -0.480 e. The van der Waals surface area contributed by atoms with Crippen molar-refractivity contribution in [3.05, 3.63) is 40.1 Å². The third kappa shape index (κ3) is 2.81. The first-order valence-electron chi connectivity index (χ1n) is 7.59. The van der Waals surface area contributed by atoms with E-state index in [-0.39, 0.29) is 17.6 Å². The van der Waals surface area contributed by atoms with E-state index in [9.17, 15) is 14.7 Å². The molecule has 0 saturated heterocycles. The quantitative estimate of drug-likeness (QED) is 0.918. The summed E-state index contributed by atoms with van der Waals surface area (Å²) in [6.07, 6.45) is 0.969. The van der Waals surface area contributed by atoms with Crippen LogP contribution in [0.2, 0.25) is 5.02 Å². The van der Waals surface area contributed by atoms with Crippen LogP contribution in [0.15, 0.2) is 29.5 Å². The zero-order valence-electron chi connectivity index (χ0n) is 13.0. The number of para-hydroxylation sites is 1. The highest BCUT2D eigenvalue weighted by Crippen LogP contribution is 2.39. The highest BCUT2D eigenvalue weighted by atomic mass is 35.5. The van der Waals surface area contributed by atoms with Crippen LogP contribution in [0, 0.1) is 5.92 Å². The van der Waals surface area contributed by atoms with E-state index in [1.54, 1.807) is 6.07 Å². The lowest BCUT2D eigenvalue weighted by molar-refractivity contribution is -0.149. The smallest absolute Gasteiger partial charge is 0.326 e. The Balaban J connectivity index is 1.87. The number of carboxylic acid groups (broad SMARTS) is 1. The molecule has 0 aliphatic carbocycles. The lowest BCUT2D eigenvalue weighted by Crippen LogP contribution is -2.44. The Morgan fingerprint density at radius 1 is 1.43 bits per heavy atom. The highest BCUT2D eigenvalue weighted by molar-refractivity contribution is 6.32. The number of carbonyl (C=O) groups excluding carboxylic acids is 1. The van der Waals surface area contributed by atoms with E-state index in [2.05, 4.69) is 0 Å². The van der Waals surface area contributed by atoms with Crippen molar-refractivity contribution in [2.45, 2.75) is 32.7 Å². The molecule has 1 aromatic carbocycles. The predicted octanol–water partition coefficient (Wildman–Crippen LogP) is 2.87. The van der Waals surface area contributed by atoms with E-state index in [1.807, 2.05) is 26.0 Å². The summed E-state index contributed by atoms with van der Waals surface area (Å²) in [6.45, 7) is 4.18. The number of hydrogen-bond donors (Lipinski definition) is 1. The maximum Gasteiger partial charge on any atom is 0.326 e. The van der Waals surface area contributed by atoms with Crippen LogP contribution in [0.5, 0.6) is 5.75 Å². The first-order valence-corrected chi connectivity index (χ1v) is 7.97. The molecule has 0 unspecified atom stereocenters. The monoisotopic (exact) mass is 335 g/mol. The van der Waals surface area contributed by atoms with Crippen LogP contribution in [0.3, 0.4) is 0 Å². The average Bonchev–Trinajstić information content (AvgIpc) is 2.79. The Bertz CT molecular complexity index is 711. The summed E-state index contributed by atoms with van der Waals surface area (Å²) in [5.74, 6) is -0.436. The Morgan fingerprint density at radius 3 is 2.83 bits per heavy atom. The summed E-state index contributed by atoms with van der Waals surface area (Å²) in [4.78, 5) is 25.6. The molecular formula is C17H18ClNO4. The number of aliphatic carboxylic acids is 1. The second kappa shape index (κ2) is 5.89. The van der Waals surface area contributed by atoms with Gasteiger partial charge in [-0.25, -0.2) is 4.79 Å². The molecule has 1 amide bonds. The second-order valence-electron chi connectivity index (χ2n) is 6.36. The molecule has 0 bridgehead atoms. The van der Waals surface area contributed by atoms with Gasteiger partial charge in [0, 0.05) is 24.1 Å². The summed E-state index contributed by atoms with van der Waals surface area (Å²) >= 11 is 6.13. The van der Waals surface area contributed by atoms with Crippen LogP contribution in [0.1, 0.15) is 25.8 Å². The van der Waals surface area contributed by atoms with Crippen molar-refractivity contribution in [2.24, 2.45) is 5.92 Å². The maximum atomic E-state index is 12.6. The largest absolute Gasteiger partial charge is 0.480 e. The fourth-order valence-electron chi connectivity index (χ4n) is 3.08. The number of nitrogens with zero attached hydrogens (tertiary/aromatic N) is 1.